The molecular formula is C28H28P+. The molecule has 0 fully saturated rings. The highest BCUT2D eigenvalue weighted by atomic mass is 31.2. The van der Waals surface area contributed by atoms with Crippen molar-refractivity contribution in [1.29, 1.82) is 0 Å². The first-order valence-corrected chi connectivity index (χ1v) is 12.1. The van der Waals surface area contributed by atoms with Crippen molar-refractivity contribution < 1.29 is 0 Å². The van der Waals surface area contributed by atoms with Crippen LogP contribution in [0.15, 0.2) is 127 Å². The Balaban J connectivity index is 0.00000117. The van der Waals surface area contributed by atoms with Gasteiger partial charge in [0, 0.05) is 0 Å². The summed E-state index contributed by atoms with van der Waals surface area (Å²) in [6, 6.07) is 43.3. The van der Waals surface area contributed by atoms with Crippen molar-refractivity contribution in [3.05, 3.63) is 133 Å². The molecule has 0 amide bonds. The van der Waals surface area contributed by atoms with Crippen LogP contribution in [0.5, 0.6) is 0 Å². The van der Waals surface area contributed by atoms with Gasteiger partial charge in [-0.05, 0) is 48.0 Å². The first-order valence-electron chi connectivity index (χ1n) is 10.2. The Bertz CT molecular complexity index is 894. The van der Waals surface area contributed by atoms with E-state index in [1.54, 1.807) is 0 Å². The molecule has 4 aromatic carbocycles. The molecule has 4 rings (SSSR count). The second-order valence-electron chi connectivity index (χ2n) is 6.46. The Kier molecular flexibility index (Phi) is 7.56. The third-order valence-corrected chi connectivity index (χ3v) is 8.71. The van der Waals surface area contributed by atoms with Crippen LogP contribution in [0.1, 0.15) is 19.4 Å². The van der Waals surface area contributed by atoms with Crippen LogP contribution in [0, 0.1) is 0 Å². The van der Waals surface area contributed by atoms with E-state index in [-0.39, 0.29) is 0 Å². The zero-order valence-corrected chi connectivity index (χ0v) is 18.0. The van der Waals surface area contributed by atoms with Crippen LogP contribution in [0.2, 0.25) is 0 Å². The smallest absolute Gasteiger partial charge is 0.0683 e. The predicted molar refractivity (Wildman–Crippen MR) is 132 cm³/mol. The first-order chi connectivity index (χ1) is 14.4. The normalized spacial score (nSPS) is 11.0. The van der Waals surface area contributed by atoms with Crippen molar-refractivity contribution in [2.45, 2.75) is 13.8 Å². The van der Waals surface area contributed by atoms with Gasteiger partial charge in [0.15, 0.2) is 0 Å². The SMILES string of the molecule is C(=C\[P+](c1ccccc1)(c1ccccc1)c1ccccc1)/c1ccccc1.CC. The van der Waals surface area contributed by atoms with E-state index in [0.717, 1.165) is 0 Å². The molecule has 144 valence electrons. The average molecular weight is 396 g/mol. The number of hydrogen-bond acceptors (Lipinski definition) is 0. The molecule has 0 unspecified atom stereocenters. The summed E-state index contributed by atoms with van der Waals surface area (Å²) in [7, 11) is -1.90. The lowest BCUT2D eigenvalue weighted by molar-refractivity contribution is 1.50. The highest BCUT2D eigenvalue weighted by molar-refractivity contribution is 7.98. The Morgan fingerprint density at radius 2 is 0.759 bits per heavy atom. The summed E-state index contributed by atoms with van der Waals surface area (Å²) in [4.78, 5) is 0. The van der Waals surface area contributed by atoms with Crippen molar-refractivity contribution in [2.75, 3.05) is 0 Å². The molecule has 0 aliphatic rings. The van der Waals surface area contributed by atoms with Gasteiger partial charge in [0.2, 0.25) is 0 Å². The van der Waals surface area contributed by atoms with Gasteiger partial charge in [-0.1, -0.05) is 98.8 Å². The van der Waals surface area contributed by atoms with Gasteiger partial charge in [-0.15, -0.1) is 0 Å². The minimum Gasteiger partial charge on any atom is -0.0683 e. The van der Waals surface area contributed by atoms with Crippen LogP contribution in [0.3, 0.4) is 0 Å². The van der Waals surface area contributed by atoms with Gasteiger partial charge >= 0.3 is 0 Å². The minimum absolute atomic E-state index is 1.23. The van der Waals surface area contributed by atoms with Crippen molar-refractivity contribution in [2.24, 2.45) is 0 Å². The lowest BCUT2D eigenvalue weighted by Gasteiger charge is -2.24. The van der Waals surface area contributed by atoms with Crippen molar-refractivity contribution in [3.63, 3.8) is 0 Å². The van der Waals surface area contributed by atoms with Gasteiger partial charge < -0.3 is 0 Å². The van der Waals surface area contributed by atoms with Crippen LogP contribution in [-0.4, -0.2) is 0 Å². The summed E-state index contributed by atoms with van der Waals surface area (Å²) in [5, 5.41) is 4.11. The van der Waals surface area contributed by atoms with Gasteiger partial charge in [0.25, 0.3) is 0 Å². The molecule has 0 bridgehead atoms. The zero-order chi connectivity index (χ0) is 20.4. The summed E-state index contributed by atoms with van der Waals surface area (Å²) >= 11 is 0. The molecule has 4 aromatic rings. The van der Waals surface area contributed by atoms with E-state index in [0.29, 0.717) is 0 Å². The maximum atomic E-state index is 2.45. The van der Waals surface area contributed by atoms with E-state index in [1.807, 2.05) is 13.8 Å². The van der Waals surface area contributed by atoms with Gasteiger partial charge in [-0.3, -0.25) is 0 Å². The second kappa shape index (κ2) is 10.6. The molecule has 0 saturated carbocycles. The van der Waals surface area contributed by atoms with E-state index in [2.05, 4.69) is 133 Å². The Hall–Kier alpha value is -2.95. The summed E-state index contributed by atoms with van der Waals surface area (Å²) in [5.41, 5.74) is 1.23. The molecule has 0 heterocycles. The van der Waals surface area contributed by atoms with Crippen LogP contribution in [0.4, 0.5) is 0 Å². The van der Waals surface area contributed by atoms with E-state index in [9.17, 15) is 0 Å². The molecular weight excluding hydrogens is 367 g/mol. The Labute approximate surface area is 175 Å². The van der Waals surface area contributed by atoms with E-state index >= 15 is 0 Å². The third-order valence-electron chi connectivity index (χ3n) is 4.78. The third kappa shape index (κ3) is 4.73. The number of hydrogen-bond donors (Lipinski definition) is 0. The van der Waals surface area contributed by atoms with E-state index < -0.39 is 7.26 Å². The van der Waals surface area contributed by atoms with Gasteiger partial charge in [0.1, 0.15) is 23.2 Å². The van der Waals surface area contributed by atoms with E-state index in [4.69, 9.17) is 0 Å². The second-order valence-corrected chi connectivity index (χ2v) is 9.75. The fourth-order valence-corrected chi connectivity index (χ4v) is 7.19. The first kappa shape index (κ1) is 20.8. The van der Waals surface area contributed by atoms with Crippen molar-refractivity contribution in [1.82, 2.24) is 0 Å². The Morgan fingerprint density at radius 1 is 0.448 bits per heavy atom. The molecule has 0 saturated heterocycles. The summed E-state index contributed by atoms with van der Waals surface area (Å²) in [6.07, 6.45) is 2.28. The fraction of sp³-hybridized carbons (Fsp3) is 0.0714. The van der Waals surface area contributed by atoms with Gasteiger partial charge in [0.05, 0.1) is 5.82 Å². The molecule has 29 heavy (non-hydrogen) atoms. The van der Waals surface area contributed by atoms with Crippen LogP contribution >= 0.6 is 7.26 Å². The highest BCUT2D eigenvalue weighted by Gasteiger charge is 2.43. The Morgan fingerprint density at radius 3 is 1.10 bits per heavy atom. The van der Waals surface area contributed by atoms with Crippen molar-refractivity contribution >= 4 is 29.3 Å². The van der Waals surface area contributed by atoms with Crippen LogP contribution < -0.4 is 15.9 Å². The summed E-state index contributed by atoms with van der Waals surface area (Å²) < 4.78 is 0. The monoisotopic (exact) mass is 395 g/mol. The maximum Gasteiger partial charge on any atom is 0.136 e. The summed E-state index contributed by atoms with van der Waals surface area (Å²) in [6.45, 7) is 4.00. The van der Waals surface area contributed by atoms with Gasteiger partial charge in [-0.2, -0.15) is 0 Å². The molecule has 0 spiro atoms. The summed E-state index contributed by atoms with van der Waals surface area (Å²) in [5.74, 6) is 2.45. The lowest BCUT2D eigenvalue weighted by Crippen LogP contribution is -2.29. The topological polar surface area (TPSA) is 0 Å². The minimum atomic E-state index is -1.90. The molecule has 0 aliphatic heterocycles. The number of benzene rings is 4. The largest absolute Gasteiger partial charge is 0.136 e. The molecule has 0 aromatic heterocycles. The molecule has 0 N–H and O–H groups in total. The quantitative estimate of drug-likeness (QED) is 0.331. The average Bonchev–Trinajstić information content (AvgIpc) is 2.84. The molecule has 0 atom stereocenters. The highest BCUT2D eigenvalue weighted by Crippen LogP contribution is 2.57. The van der Waals surface area contributed by atoms with Crippen molar-refractivity contribution in [3.8, 4) is 0 Å². The standard InChI is InChI=1S/C26H22P.C2H6/c1-5-13-23(14-6-1)21-22-27(24-15-7-2-8-16-24,25-17-9-3-10-18-25)26-19-11-4-12-20-26;1-2/h1-22H;1-2H3/q+1;/b22-21+;. The number of rotatable bonds is 5. The zero-order valence-electron chi connectivity index (χ0n) is 17.1. The predicted octanol–water partition coefficient (Wildman–Crippen LogP) is 6.68. The molecule has 0 aliphatic carbocycles. The molecule has 0 radical (unpaired) electrons. The van der Waals surface area contributed by atoms with Gasteiger partial charge in [-0.25, -0.2) is 0 Å². The fourth-order valence-electron chi connectivity index (χ4n) is 3.46. The van der Waals surface area contributed by atoms with Crippen LogP contribution in [0.25, 0.3) is 6.08 Å². The molecule has 0 nitrogen and oxygen atoms in total. The maximum absolute atomic E-state index is 2.45. The van der Waals surface area contributed by atoms with E-state index in [1.165, 1.54) is 21.5 Å². The van der Waals surface area contributed by atoms with Crippen LogP contribution in [-0.2, 0) is 0 Å². The molecule has 1 heteroatoms. The lowest BCUT2D eigenvalue weighted by atomic mass is 10.2.